The van der Waals surface area contributed by atoms with Gasteiger partial charge in [-0.05, 0) is 66.6 Å². The minimum absolute atomic E-state index is 0.00264. The lowest BCUT2D eigenvalue weighted by atomic mass is 10.1. The topological polar surface area (TPSA) is 60.2 Å². The molecule has 21 heavy (non-hydrogen) atoms. The van der Waals surface area contributed by atoms with Gasteiger partial charge in [0.2, 0.25) is 0 Å². The van der Waals surface area contributed by atoms with Gasteiger partial charge in [-0.1, -0.05) is 18.2 Å². The summed E-state index contributed by atoms with van der Waals surface area (Å²) in [5.41, 5.74) is 10.6. The summed E-state index contributed by atoms with van der Waals surface area (Å²) in [6, 6.07) is 11.0. The van der Waals surface area contributed by atoms with E-state index in [0.29, 0.717) is 10.6 Å². The quantitative estimate of drug-likeness (QED) is 0.886. The third kappa shape index (κ3) is 2.68. The summed E-state index contributed by atoms with van der Waals surface area (Å²) >= 11 is 0. The van der Waals surface area contributed by atoms with Crippen molar-refractivity contribution >= 4 is 15.5 Å². The van der Waals surface area contributed by atoms with Crippen LogP contribution in [-0.4, -0.2) is 8.42 Å². The van der Waals surface area contributed by atoms with E-state index in [2.05, 4.69) is 0 Å². The van der Waals surface area contributed by atoms with E-state index in [4.69, 9.17) is 5.73 Å². The van der Waals surface area contributed by atoms with E-state index in [9.17, 15) is 8.42 Å². The van der Waals surface area contributed by atoms with Gasteiger partial charge < -0.3 is 5.73 Å². The number of rotatable bonds is 3. The molecule has 0 saturated heterocycles. The Balaban J connectivity index is 1.96. The van der Waals surface area contributed by atoms with Gasteiger partial charge in [0, 0.05) is 5.69 Å². The van der Waals surface area contributed by atoms with E-state index in [1.54, 1.807) is 18.2 Å². The molecule has 110 valence electrons. The molecule has 4 heteroatoms. The number of hydrogen-bond donors (Lipinski definition) is 1. The Kier molecular flexibility index (Phi) is 3.49. The number of fused-ring (bicyclic) bond motifs is 1. The number of nitrogen functional groups attached to an aromatic ring is 1. The molecule has 0 saturated carbocycles. The van der Waals surface area contributed by atoms with Gasteiger partial charge >= 0.3 is 0 Å². The van der Waals surface area contributed by atoms with Crippen molar-refractivity contribution in [1.82, 2.24) is 0 Å². The first-order chi connectivity index (χ1) is 9.97. The number of nitrogens with two attached hydrogens (primary N) is 1. The summed E-state index contributed by atoms with van der Waals surface area (Å²) in [7, 11) is -3.33. The Morgan fingerprint density at radius 2 is 1.86 bits per heavy atom. The molecule has 1 aliphatic rings. The zero-order valence-electron chi connectivity index (χ0n) is 12.1. The second kappa shape index (κ2) is 5.19. The van der Waals surface area contributed by atoms with Crippen LogP contribution in [0.4, 0.5) is 5.69 Å². The molecule has 1 aliphatic carbocycles. The monoisotopic (exact) mass is 301 g/mol. The summed E-state index contributed by atoms with van der Waals surface area (Å²) in [4.78, 5) is 0.421. The summed E-state index contributed by atoms with van der Waals surface area (Å²) in [5.74, 6) is 0.00264. The van der Waals surface area contributed by atoms with Crippen LogP contribution in [0.3, 0.4) is 0 Å². The van der Waals surface area contributed by atoms with Crippen LogP contribution in [-0.2, 0) is 28.4 Å². The number of aryl methyl sites for hydroxylation is 2. The minimum Gasteiger partial charge on any atom is -0.399 e. The van der Waals surface area contributed by atoms with Crippen molar-refractivity contribution in [3.8, 4) is 0 Å². The lowest BCUT2D eigenvalue weighted by Gasteiger charge is -2.10. The highest BCUT2D eigenvalue weighted by molar-refractivity contribution is 7.90. The van der Waals surface area contributed by atoms with E-state index in [-0.39, 0.29) is 5.75 Å². The second-order valence-corrected chi connectivity index (χ2v) is 7.66. The van der Waals surface area contributed by atoms with Crippen molar-refractivity contribution in [1.29, 1.82) is 0 Å². The van der Waals surface area contributed by atoms with Crippen LogP contribution in [0.1, 0.15) is 28.7 Å². The molecular formula is C17H19NO2S. The summed E-state index contributed by atoms with van der Waals surface area (Å²) in [6.07, 6.45) is 3.16. The number of benzene rings is 2. The predicted molar refractivity (Wildman–Crippen MR) is 84.9 cm³/mol. The third-order valence-corrected chi connectivity index (χ3v) is 5.93. The first-order valence-electron chi connectivity index (χ1n) is 7.16. The lowest BCUT2D eigenvalue weighted by Crippen LogP contribution is -2.07. The first kappa shape index (κ1) is 14.1. The maximum Gasteiger partial charge on any atom is 0.182 e. The van der Waals surface area contributed by atoms with E-state index in [0.717, 1.165) is 30.4 Å². The Bertz CT molecular complexity index is 794. The van der Waals surface area contributed by atoms with Gasteiger partial charge in [-0.2, -0.15) is 0 Å². The van der Waals surface area contributed by atoms with E-state index < -0.39 is 9.84 Å². The van der Waals surface area contributed by atoms with E-state index in [1.807, 2.05) is 25.1 Å². The molecule has 2 N–H and O–H groups in total. The zero-order chi connectivity index (χ0) is 15.0. The Morgan fingerprint density at radius 1 is 1.10 bits per heavy atom. The highest BCUT2D eigenvalue weighted by Crippen LogP contribution is 2.27. The second-order valence-electron chi connectivity index (χ2n) is 5.67. The van der Waals surface area contributed by atoms with Gasteiger partial charge in [-0.15, -0.1) is 0 Å². The first-order valence-corrected chi connectivity index (χ1v) is 8.81. The van der Waals surface area contributed by atoms with Gasteiger partial charge in [0.1, 0.15) is 0 Å². The maximum atomic E-state index is 12.6. The molecule has 0 radical (unpaired) electrons. The number of anilines is 1. The Morgan fingerprint density at radius 3 is 2.67 bits per heavy atom. The molecule has 2 aromatic carbocycles. The molecule has 3 rings (SSSR count). The van der Waals surface area contributed by atoms with Gasteiger partial charge in [-0.25, -0.2) is 8.42 Å². The van der Waals surface area contributed by atoms with Crippen LogP contribution < -0.4 is 5.73 Å². The third-order valence-electron chi connectivity index (χ3n) is 4.26. The van der Waals surface area contributed by atoms with Crippen molar-refractivity contribution in [2.75, 3.05) is 5.73 Å². The number of hydrogen-bond acceptors (Lipinski definition) is 3. The van der Waals surface area contributed by atoms with Crippen LogP contribution >= 0.6 is 0 Å². The normalized spacial score (nSPS) is 14.1. The van der Waals surface area contributed by atoms with E-state index in [1.165, 1.54) is 11.1 Å². The van der Waals surface area contributed by atoms with Crippen molar-refractivity contribution in [3.63, 3.8) is 0 Å². The Hall–Kier alpha value is -1.81. The molecule has 0 amide bonds. The largest absolute Gasteiger partial charge is 0.399 e. The van der Waals surface area contributed by atoms with Crippen LogP contribution in [0.15, 0.2) is 41.3 Å². The smallest absolute Gasteiger partial charge is 0.182 e. The molecule has 0 unspecified atom stereocenters. The van der Waals surface area contributed by atoms with E-state index >= 15 is 0 Å². The van der Waals surface area contributed by atoms with Crippen molar-refractivity contribution < 1.29 is 8.42 Å². The summed E-state index contributed by atoms with van der Waals surface area (Å²) in [5, 5.41) is 0. The molecular weight excluding hydrogens is 282 g/mol. The predicted octanol–water partition coefficient (Wildman–Crippen LogP) is 3.04. The van der Waals surface area contributed by atoms with Gasteiger partial charge in [0.05, 0.1) is 10.6 Å². The van der Waals surface area contributed by atoms with Gasteiger partial charge in [0.15, 0.2) is 9.84 Å². The molecule has 3 nitrogen and oxygen atoms in total. The zero-order valence-corrected chi connectivity index (χ0v) is 12.9. The molecule has 0 spiro atoms. The highest BCUT2D eigenvalue weighted by atomic mass is 32.2. The molecule has 0 aliphatic heterocycles. The average Bonchev–Trinajstić information content (AvgIpc) is 2.91. The molecule has 0 fully saturated rings. The van der Waals surface area contributed by atoms with Crippen LogP contribution in [0.5, 0.6) is 0 Å². The SMILES string of the molecule is Cc1c(N)cccc1CS(=O)(=O)c1ccc2c(c1)CCC2. The van der Waals surface area contributed by atoms with Crippen molar-refractivity contribution in [3.05, 3.63) is 58.7 Å². The fourth-order valence-electron chi connectivity index (χ4n) is 2.89. The number of sulfone groups is 1. The molecule has 0 bridgehead atoms. The lowest BCUT2D eigenvalue weighted by molar-refractivity contribution is 0.595. The van der Waals surface area contributed by atoms with Crippen LogP contribution in [0.2, 0.25) is 0 Å². The van der Waals surface area contributed by atoms with Crippen molar-refractivity contribution in [2.24, 2.45) is 0 Å². The molecule has 2 aromatic rings. The minimum atomic E-state index is -3.33. The summed E-state index contributed by atoms with van der Waals surface area (Å²) in [6.45, 7) is 1.86. The summed E-state index contributed by atoms with van der Waals surface area (Å²) < 4.78 is 25.2. The fourth-order valence-corrected chi connectivity index (χ4v) is 4.38. The molecule has 0 heterocycles. The maximum absolute atomic E-state index is 12.6. The van der Waals surface area contributed by atoms with Crippen molar-refractivity contribution in [2.45, 2.75) is 36.8 Å². The van der Waals surface area contributed by atoms with Gasteiger partial charge in [0.25, 0.3) is 0 Å². The highest BCUT2D eigenvalue weighted by Gasteiger charge is 2.20. The van der Waals surface area contributed by atoms with Crippen LogP contribution in [0, 0.1) is 6.92 Å². The average molecular weight is 301 g/mol. The van der Waals surface area contributed by atoms with Crippen LogP contribution in [0.25, 0.3) is 0 Å². The molecule has 0 aromatic heterocycles. The Labute approximate surface area is 125 Å². The fraction of sp³-hybridized carbons (Fsp3) is 0.294. The van der Waals surface area contributed by atoms with Gasteiger partial charge in [-0.3, -0.25) is 0 Å². The molecule has 0 atom stereocenters. The standard InChI is InChI=1S/C17H19NO2S/c1-12-15(6-3-7-17(12)18)11-21(19,20)16-9-8-13-4-2-5-14(13)10-16/h3,6-10H,2,4-5,11,18H2,1H3.